The van der Waals surface area contributed by atoms with Crippen LogP contribution in [0.15, 0.2) is 42.7 Å². The second-order valence-electron chi connectivity index (χ2n) is 8.97. The predicted molar refractivity (Wildman–Crippen MR) is 139 cm³/mol. The molecule has 14 heteroatoms. The SMILES string of the molecule is COC(=O)c1cncc(OCc2ccccc2)c1O[C@@H]1O[C@H](COC(C)=O)[C@@H](OC(C)=O)[C@H](OC(C)=O)[C@H]1OC(C)=O. The number of ether oxygens (including phenoxy) is 8. The van der Waals surface area contributed by atoms with Crippen LogP contribution in [0.3, 0.4) is 0 Å². The van der Waals surface area contributed by atoms with E-state index in [1.165, 1.54) is 12.4 Å². The lowest BCUT2D eigenvalue weighted by Gasteiger charge is -2.44. The molecule has 226 valence electrons. The first-order chi connectivity index (χ1) is 20.0. The van der Waals surface area contributed by atoms with E-state index in [4.69, 9.17) is 37.9 Å². The fourth-order valence-corrected chi connectivity index (χ4v) is 4.04. The number of benzene rings is 1. The highest BCUT2D eigenvalue weighted by Gasteiger charge is 2.53. The van der Waals surface area contributed by atoms with Gasteiger partial charge in [-0.25, -0.2) is 4.79 Å². The third-order valence-corrected chi connectivity index (χ3v) is 5.69. The van der Waals surface area contributed by atoms with E-state index in [-0.39, 0.29) is 23.7 Å². The van der Waals surface area contributed by atoms with Crippen molar-refractivity contribution < 1.29 is 61.9 Å². The number of rotatable bonds is 11. The molecule has 2 aromatic rings. The molecule has 0 aliphatic carbocycles. The van der Waals surface area contributed by atoms with Crippen molar-refractivity contribution in [1.29, 1.82) is 0 Å². The van der Waals surface area contributed by atoms with Crippen LogP contribution >= 0.6 is 0 Å². The van der Waals surface area contributed by atoms with Crippen molar-refractivity contribution in [3.63, 3.8) is 0 Å². The van der Waals surface area contributed by atoms with Gasteiger partial charge in [0, 0.05) is 33.9 Å². The van der Waals surface area contributed by atoms with E-state index in [0.29, 0.717) is 0 Å². The van der Waals surface area contributed by atoms with Gasteiger partial charge in [-0.05, 0) is 5.56 Å². The van der Waals surface area contributed by atoms with E-state index < -0.39 is 67.2 Å². The average molecular weight is 590 g/mol. The van der Waals surface area contributed by atoms with Crippen molar-refractivity contribution in [1.82, 2.24) is 4.98 Å². The number of pyridine rings is 1. The van der Waals surface area contributed by atoms with Gasteiger partial charge in [0.2, 0.25) is 12.4 Å². The molecule has 0 amide bonds. The van der Waals surface area contributed by atoms with Gasteiger partial charge in [0.25, 0.3) is 0 Å². The van der Waals surface area contributed by atoms with Crippen molar-refractivity contribution >= 4 is 29.8 Å². The van der Waals surface area contributed by atoms with Gasteiger partial charge in [-0.1, -0.05) is 30.3 Å². The molecule has 42 heavy (non-hydrogen) atoms. The molecule has 14 nitrogen and oxygen atoms in total. The summed E-state index contributed by atoms with van der Waals surface area (Å²) in [4.78, 5) is 64.5. The van der Waals surface area contributed by atoms with Crippen molar-refractivity contribution in [2.75, 3.05) is 13.7 Å². The van der Waals surface area contributed by atoms with Crippen molar-refractivity contribution in [3.8, 4) is 11.5 Å². The highest BCUT2D eigenvalue weighted by atomic mass is 16.7. The minimum absolute atomic E-state index is 0.00499. The Balaban J connectivity index is 2.08. The van der Waals surface area contributed by atoms with Gasteiger partial charge in [-0.3, -0.25) is 24.2 Å². The Kier molecular flexibility index (Phi) is 11.2. The number of nitrogens with zero attached hydrogens (tertiary/aromatic N) is 1. The smallest absolute Gasteiger partial charge is 0.343 e. The summed E-state index contributed by atoms with van der Waals surface area (Å²) in [7, 11) is 1.15. The molecule has 0 unspecified atom stereocenters. The number of methoxy groups -OCH3 is 1. The lowest BCUT2D eigenvalue weighted by atomic mass is 9.98. The number of hydrogen-bond donors (Lipinski definition) is 0. The first-order valence-corrected chi connectivity index (χ1v) is 12.7. The largest absolute Gasteiger partial charge is 0.483 e. The van der Waals surface area contributed by atoms with Crippen LogP contribution in [-0.2, 0) is 54.2 Å². The molecule has 0 radical (unpaired) electrons. The fourth-order valence-electron chi connectivity index (χ4n) is 4.04. The molecule has 2 heterocycles. The number of carbonyl (C=O) groups is 5. The summed E-state index contributed by atoms with van der Waals surface area (Å²) in [5.41, 5.74) is 0.620. The van der Waals surface area contributed by atoms with Gasteiger partial charge in [0.05, 0.1) is 13.3 Å². The quantitative estimate of drug-likeness (QED) is 0.275. The Bertz CT molecular complexity index is 1280. The van der Waals surface area contributed by atoms with Crippen LogP contribution in [0.4, 0.5) is 0 Å². The molecule has 1 saturated heterocycles. The van der Waals surface area contributed by atoms with E-state index in [1.807, 2.05) is 30.3 Å². The van der Waals surface area contributed by atoms with Crippen molar-refractivity contribution in [2.24, 2.45) is 0 Å². The molecule has 1 aliphatic heterocycles. The Morgan fingerprint density at radius 3 is 2.02 bits per heavy atom. The summed E-state index contributed by atoms with van der Waals surface area (Å²) in [6.07, 6.45) is -4.83. The van der Waals surface area contributed by atoms with Gasteiger partial charge in [-0.2, -0.15) is 0 Å². The molecule has 1 aliphatic rings. The maximum atomic E-state index is 12.7. The molecule has 0 N–H and O–H groups in total. The minimum Gasteiger partial charge on any atom is -0.483 e. The Hall–Kier alpha value is -4.72. The van der Waals surface area contributed by atoms with Crippen molar-refractivity contribution in [3.05, 3.63) is 53.9 Å². The average Bonchev–Trinajstić information content (AvgIpc) is 2.93. The second kappa shape index (κ2) is 14.8. The Morgan fingerprint density at radius 1 is 0.810 bits per heavy atom. The molecule has 1 fully saturated rings. The van der Waals surface area contributed by atoms with E-state index in [0.717, 1.165) is 40.4 Å². The Morgan fingerprint density at radius 2 is 1.43 bits per heavy atom. The van der Waals surface area contributed by atoms with Crippen LogP contribution in [0.2, 0.25) is 0 Å². The van der Waals surface area contributed by atoms with Crippen LogP contribution < -0.4 is 9.47 Å². The van der Waals surface area contributed by atoms with Crippen molar-refractivity contribution in [2.45, 2.75) is 65.0 Å². The lowest BCUT2D eigenvalue weighted by molar-refractivity contribution is -0.288. The van der Waals surface area contributed by atoms with Gasteiger partial charge >= 0.3 is 29.8 Å². The van der Waals surface area contributed by atoms with E-state index >= 15 is 0 Å². The molecular weight excluding hydrogens is 558 g/mol. The summed E-state index contributed by atoms with van der Waals surface area (Å²) in [6.45, 7) is 4.04. The van der Waals surface area contributed by atoms with Gasteiger partial charge in [0.1, 0.15) is 24.9 Å². The zero-order valence-electron chi connectivity index (χ0n) is 23.6. The Labute approximate surface area is 241 Å². The molecule has 1 aromatic heterocycles. The van der Waals surface area contributed by atoms with E-state index in [1.54, 1.807) is 0 Å². The monoisotopic (exact) mass is 589 g/mol. The number of carbonyl (C=O) groups excluding carboxylic acids is 5. The zero-order valence-corrected chi connectivity index (χ0v) is 23.6. The highest BCUT2D eigenvalue weighted by molar-refractivity contribution is 5.93. The summed E-state index contributed by atoms with van der Waals surface area (Å²) in [5.74, 6) is -4.14. The van der Waals surface area contributed by atoms with Crippen LogP contribution in [-0.4, -0.2) is 79.3 Å². The molecular formula is C28H31NO13. The first-order valence-electron chi connectivity index (χ1n) is 12.7. The molecule has 0 saturated carbocycles. The topological polar surface area (TPSA) is 172 Å². The first kappa shape index (κ1) is 31.8. The standard InChI is InChI=1S/C28H31NO13/c1-15(30)36-14-22-24(38-16(2)31)25(39-17(3)32)26(40-18(4)33)28(41-22)42-23-20(27(34)35-5)11-29-12-21(23)37-13-19-9-7-6-8-10-19/h6-12,22,24-26,28H,13-14H2,1-5H3/t22-,24-,25+,26-,28+/m1/s1. The maximum absolute atomic E-state index is 12.7. The van der Waals surface area contributed by atoms with E-state index in [9.17, 15) is 24.0 Å². The maximum Gasteiger partial charge on any atom is 0.343 e. The summed E-state index contributed by atoms with van der Waals surface area (Å²) < 4.78 is 44.2. The normalized spacial score (nSPS) is 21.3. The minimum atomic E-state index is -1.62. The summed E-state index contributed by atoms with van der Waals surface area (Å²) in [5, 5.41) is 0. The third kappa shape index (κ3) is 8.64. The van der Waals surface area contributed by atoms with Crippen LogP contribution in [0.25, 0.3) is 0 Å². The van der Waals surface area contributed by atoms with Crippen LogP contribution in [0.5, 0.6) is 11.5 Å². The molecule has 5 atom stereocenters. The predicted octanol–water partition coefficient (Wildman–Crippen LogP) is 1.91. The molecule has 0 bridgehead atoms. The fraction of sp³-hybridized carbons (Fsp3) is 0.429. The van der Waals surface area contributed by atoms with Crippen LogP contribution in [0, 0.1) is 0 Å². The number of esters is 5. The molecule has 1 aromatic carbocycles. The van der Waals surface area contributed by atoms with Gasteiger partial charge < -0.3 is 37.9 Å². The number of aromatic nitrogens is 1. The van der Waals surface area contributed by atoms with Gasteiger partial charge in [-0.15, -0.1) is 0 Å². The lowest BCUT2D eigenvalue weighted by Crippen LogP contribution is -2.63. The highest BCUT2D eigenvalue weighted by Crippen LogP contribution is 2.37. The molecule has 0 spiro atoms. The van der Waals surface area contributed by atoms with E-state index in [2.05, 4.69) is 4.98 Å². The van der Waals surface area contributed by atoms with Crippen LogP contribution in [0.1, 0.15) is 43.6 Å². The summed E-state index contributed by atoms with van der Waals surface area (Å²) >= 11 is 0. The number of hydrogen-bond acceptors (Lipinski definition) is 14. The zero-order chi connectivity index (χ0) is 30.8. The van der Waals surface area contributed by atoms with Gasteiger partial charge in [0.15, 0.2) is 23.7 Å². The summed E-state index contributed by atoms with van der Waals surface area (Å²) in [6, 6.07) is 9.10. The second-order valence-corrected chi connectivity index (χ2v) is 8.97. The third-order valence-electron chi connectivity index (χ3n) is 5.69. The molecule has 3 rings (SSSR count).